The molecule has 1 aromatic carbocycles. The molecule has 3 rings (SSSR count). The number of ether oxygens (including phenoxy) is 2. The lowest BCUT2D eigenvalue weighted by Gasteiger charge is -2.28. The Morgan fingerprint density at radius 1 is 0.970 bits per heavy atom. The predicted octanol–water partition coefficient (Wildman–Crippen LogP) is 5.33. The van der Waals surface area contributed by atoms with Gasteiger partial charge in [0.1, 0.15) is 11.5 Å². The standard InChI is InChI=1S/C24H24F3NO5/c1-5-31-22(29)19-13(3)28-14(4)20(23(30)32-6-2)21(19)18-11-10-17(33-18)15-8-7-9-16(12-15)24(25,26)27/h7-12,21,28H,5-6H2,1-4H3. The third kappa shape index (κ3) is 4.97. The second-order valence-electron chi connectivity index (χ2n) is 7.36. The molecule has 0 saturated heterocycles. The molecule has 6 nitrogen and oxygen atoms in total. The van der Waals surface area contributed by atoms with Crippen LogP contribution in [0.2, 0.25) is 0 Å². The quantitative estimate of drug-likeness (QED) is 0.584. The summed E-state index contributed by atoms with van der Waals surface area (Å²) in [7, 11) is 0. The van der Waals surface area contributed by atoms with E-state index in [1.807, 2.05) is 0 Å². The van der Waals surface area contributed by atoms with Crippen LogP contribution in [0.5, 0.6) is 0 Å². The van der Waals surface area contributed by atoms with Gasteiger partial charge in [0.25, 0.3) is 0 Å². The number of allylic oxidation sites excluding steroid dienone is 2. The molecule has 1 aliphatic heterocycles. The van der Waals surface area contributed by atoms with Gasteiger partial charge in [-0.25, -0.2) is 9.59 Å². The summed E-state index contributed by atoms with van der Waals surface area (Å²) in [5, 5.41) is 3.01. The van der Waals surface area contributed by atoms with Crippen molar-refractivity contribution in [2.24, 2.45) is 0 Å². The number of carbonyl (C=O) groups is 2. The first-order valence-corrected chi connectivity index (χ1v) is 10.4. The smallest absolute Gasteiger partial charge is 0.416 e. The van der Waals surface area contributed by atoms with Crippen LogP contribution in [0.15, 0.2) is 63.4 Å². The van der Waals surface area contributed by atoms with Crippen LogP contribution in [-0.4, -0.2) is 25.2 Å². The van der Waals surface area contributed by atoms with Gasteiger partial charge in [-0.05, 0) is 52.0 Å². The minimum atomic E-state index is -4.51. The number of dihydropyridines is 1. The number of benzene rings is 1. The van der Waals surface area contributed by atoms with Gasteiger partial charge in [0.2, 0.25) is 0 Å². The Hall–Kier alpha value is -3.49. The number of rotatable bonds is 6. The van der Waals surface area contributed by atoms with Crippen molar-refractivity contribution >= 4 is 11.9 Å². The van der Waals surface area contributed by atoms with Crippen molar-refractivity contribution in [2.75, 3.05) is 13.2 Å². The molecule has 0 aliphatic carbocycles. The minimum absolute atomic E-state index is 0.118. The summed E-state index contributed by atoms with van der Waals surface area (Å²) >= 11 is 0. The van der Waals surface area contributed by atoms with Crippen LogP contribution in [0, 0.1) is 0 Å². The summed E-state index contributed by atoms with van der Waals surface area (Å²) in [5.74, 6) is -1.87. The van der Waals surface area contributed by atoms with E-state index in [9.17, 15) is 22.8 Å². The maximum Gasteiger partial charge on any atom is 0.416 e. The van der Waals surface area contributed by atoms with Gasteiger partial charge in [0.15, 0.2) is 0 Å². The zero-order valence-corrected chi connectivity index (χ0v) is 18.6. The molecule has 0 bridgehead atoms. The van der Waals surface area contributed by atoms with Crippen LogP contribution in [0.25, 0.3) is 11.3 Å². The number of alkyl halides is 3. The van der Waals surface area contributed by atoms with E-state index in [1.165, 1.54) is 24.3 Å². The summed E-state index contributed by atoms with van der Waals surface area (Å²) in [6, 6.07) is 7.75. The number of furan rings is 1. The van der Waals surface area contributed by atoms with E-state index in [0.717, 1.165) is 12.1 Å². The van der Waals surface area contributed by atoms with Gasteiger partial charge in [0, 0.05) is 17.0 Å². The average molecular weight is 463 g/mol. The number of carbonyl (C=O) groups excluding carboxylic acids is 2. The average Bonchev–Trinajstić information content (AvgIpc) is 3.23. The van der Waals surface area contributed by atoms with Crippen molar-refractivity contribution in [1.29, 1.82) is 0 Å². The highest BCUT2D eigenvalue weighted by atomic mass is 19.4. The van der Waals surface area contributed by atoms with Crippen LogP contribution in [-0.2, 0) is 25.2 Å². The lowest BCUT2D eigenvalue weighted by molar-refractivity contribution is -0.140. The highest BCUT2D eigenvalue weighted by Gasteiger charge is 2.40. The summed E-state index contributed by atoms with van der Waals surface area (Å²) in [4.78, 5) is 25.6. The molecule has 33 heavy (non-hydrogen) atoms. The molecule has 0 amide bonds. The fraction of sp³-hybridized carbons (Fsp3) is 0.333. The Bertz CT molecular complexity index is 1090. The summed E-state index contributed by atoms with van der Waals surface area (Å²) in [6.45, 7) is 6.89. The number of nitrogens with one attached hydrogen (secondary N) is 1. The van der Waals surface area contributed by atoms with Gasteiger partial charge >= 0.3 is 18.1 Å². The third-order valence-corrected chi connectivity index (χ3v) is 5.14. The second kappa shape index (κ2) is 9.56. The molecule has 0 fully saturated rings. The molecule has 0 spiro atoms. The van der Waals surface area contributed by atoms with Gasteiger partial charge in [-0.3, -0.25) is 0 Å². The van der Waals surface area contributed by atoms with Gasteiger partial charge in [-0.2, -0.15) is 13.2 Å². The first-order valence-electron chi connectivity index (χ1n) is 10.4. The Morgan fingerprint density at radius 3 is 2.06 bits per heavy atom. The third-order valence-electron chi connectivity index (χ3n) is 5.14. The zero-order valence-electron chi connectivity index (χ0n) is 18.6. The van der Waals surface area contributed by atoms with Gasteiger partial charge in [-0.1, -0.05) is 12.1 Å². The summed E-state index contributed by atoms with van der Waals surface area (Å²) in [5.41, 5.74) is 0.667. The van der Waals surface area contributed by atoms with Gasteiger partial charge < -0.3 is 19.2 Å². The number of esters is 2. The van der Waals surface area contributed by atoms with Gasteiger partial charge in [-0.15, -0.1) is 0 Å². The largest absolute Gasteiger partial charge is 0.463 e. The van der Waals surface area contributed by atoms with Crippen molar-refractivity contribution in [2.45, 2.75) is 39.8 Å². The lowest BCUT2D eigenvalue weighted by Crippen LogP contribution is -2.32. The van der Waals surface area contributed by atoms with E-state index in [2.05, 4.69) is 5.32 Å². The number of hydrogen-bond acceptors (Lipinski definition) is 6. The molecule has 1 aromatic heterocycles. The summed E-state index contributed by atoms with van der Waals surface area (Å²) < 4.78 is 55.7. The molecule has 176 valence electrons. The molecule has 0 radical (unpaired) electrons. The molecule has 0 atom stereocenters. The van der Waals surface area contributed by atoms with E-state index >= 15 is 0 Å². The van der Waals surface area contributed by atoms with E-state index < -0.39 is 29.6 Å². The molecule has 1 aliphatic rings. The van der Waals surface area contributed by atoms with Crippen molar-refractivity contribution in [3.63, 3.8) is 0 Å². The van der Waals surface area contributed by atoms with Crippen LogP contribution >= 0.6 is 0 Å². The van der Waals surface area contributed by atoms with Crippen molar-refractivity contribution in [3.05, 3.63) is 70.3 Å². The van der Waals surface area contributed by atoms with Crippen molar-refractivity contribution in [1.82, 2.24) is 5.32 Å². The second-order valence-corrected chi connectivity index (χ2v) is 7.36. The topological polar surface area (TPSA) is 77.8 Å². The predicted molar refractivity (Wildman–Crippen MR) is 114 cm³/mol. The zero-order chi connectivity index (χ0) is 24.3. The Balaban J connectivity index is 2.12. The summed E-state index contributed by atoms with van der Waals surface area (Å²) in [6.07, 6.45) is -4.51. The van der Waals surface area contributed by atoms with Gasteiger partial charge in [0.05, 0.1) is 35.8 Å². The van der Waals surface area contributed by atoms with Crippen LogP contribution < -0.4 is 5.32 Å². The molecular weight excluding hydrogens is 439 g/mol. The van der Waals surface area contributed by atoms with Crippen LogP contribution in [0.1, 0.15) is 44.9 Å². The first-order chi connectivity index (χ1) is 15.6. The fourth-order valence-electron chi connectivity index (χ4n) is 3.75. The molecule has 1 N–H and O–H groups in total. The Morgan fingerprint density at radius 2 is 1.55 bits per heavy atom. The van der Waals surface area contributed by atoms with E-state index in [0.29, 0.717) is 11.4 Å². The highest BCUT2D eigenvalue weighted by molar-refractivity contribution is 5.99. The SMILES string of the molecule is CCOC(=O)C1=C(C)NC(C)=C(C(=O)OCC)C1c1ccc(-c2cccc(C(F)(F)F)c2)o1. The van der Waals surface area contributed by atoms with E-state index in [1.54, 1.807) is 27.7 Å². The van der Waals surface area contributed by atoms with Crippen molar-refractivity contribution < 1.29 is 36.7 Å². The molecule has 0 saturated carbocycles. The molecule has 2 heterocycles. The molecule has 0 unspecified atom stereocenters. The van der Waals surface area contributed by atoms with E-state index in [4.69, 9.17) is 13.9 Å². The molecular formula is C24H24F3NO5. The van der Waals surface area contributed by atoms with Crippen LogP contribution in [0.4, 0.5) is 13.2 Å². The monoisotopic (exact) mass is 463 g/mol. The Kier molecular flexibility index (Phi) is 7.00. The van der Waals surface area contributed by atoms with E-state index in [-0.39, 0.29) is 41.4 Å². The highest BCUT2D eigenvalue weighted by Crippen LogP contribution is 2.41. The maximum absolute atomic E-state index is 13.1. The number of hydrogen-bond donors (Lipinski definition) is 1. The first kappa shape index (κ1) is 24.2. The Labute approximate surface area is 189 Å². The minimum Gasteiger partial charge on any atom is -0.463 e. The number of halogens is 3. The lowest BCUT2D eigenvalue weighted by atomic mass is 9.83. The normalized spacial score (nSPS) is 14.9. The maximum atomic E-state index is 13.1. The molecule has 9 heteroatoms. The van der Waals surface area contributed by atoms with Crippen LogP contribution in [0.3, 0.4) is 0 Å². The van der Waals surface area contributed by atoms with Crippen molar-refractivity contribution in [3.8, 4) is 11.3 Å². The fourth-order valence-corrected chi connectivity index (χ4v) is 3.75. The molecule has 2 aromatic rings.